The minimum atomic E-state index is -0.691. The highest BCUT2D eigenvalue weighted by Gasteiger charge is 2.24. The molecule has 1 unspecified atom stereocenters. The zero-order valence-corrected chi connectivity index (χ0v) is 27.9. The Kier molecular flexibility index (Phi) is 12.0. The summed E-state index contributed by atoms with van der Waals surface area (Å²) in [6.45, 7) is 2.00. The van der Waals surface area contributed by atoms with Gasteiger partial charge >= 0.3 is 5.97 Å². The summed E-state index contributed by atoms with van der Waals surface area (Å²) < 4.78 is 18.5. The number of thiazole rings is 1. The van der Waals surface area contributed by atoms with Gasteiger partial charge in [0.05, 0.1) is 18.7 Å². The van der Waals surface area contributed by atoms with E-state index in [9.17, 15) is 23.6 Å². The lowest BCUT2D eigenvalue weighted by Gasteiger charge is -2.17. The number of anilines is 2. The molecule has 3 amide bonds. The van der Waals surface area contributed by atoms with E-state index in [2.05, 4.69) is 20.9 Å². The average Bonchev–Trinajstić information content (AvgIpc) is 3.54. The number of aromatic nitrogens is 1. The van der Waals surface area contributed by atoms with Crippen LogP contribution in [-0.2, 0) is 25.5 Å². The smallest absolute Gasteiger partial charge is 0.311 e. The van der Waals surface area contributed by atoms with Crippen LogP contribution in [0.25, 0.3) is 6.08 Å². The molecule has 5 aromatic rings. The van der Waals surface area contributed by atoms with Crippen LogP contribution in [-0.4, -0.2) is 35.3 Å². The molecule has 0 radical (unpaired) electrons. The van der Waals surface area contributed by atoms with E-state index in [4.69, 9.17) is 4.74 Å². The molecule has 248 valence electrons. The quantitative estimate of drug-likeness (QED) is 0.0673. The Hall–Kier alpha value is -5.59. The largest absolute Gasteiger partial charge is 0.466 e. The Balaban J connectivity index is 1.34. The van der Waals surface area contributed by atoms with Crippen LogP contribution in [0.4, 0.5) is 15.2 Å². The number of esters is 1. The number of carbonyl (C=O) groups is 4. The molecular weight excluding hydrogens is 664 g/mol. The van der Waals surface area contributed by atoms with E-state index in [1.54, 1.807) is 60.8 Å². The van der Waals surface area contributed by atoms with Gasteiger partial charge in [-0.25, -0.2) is 9.37 Å². The fourth-order valence-corrected chi connectivity index (χ4v) is 6.32. The van der Waals surface area contributed by atoms with Crippen molar-refractivity contribution in [3.63, 3.8) is 0 Å². The maximum Gasteiger partial charge on any atom is 0.311 e. The van der Waals surface area contributed by atoms with E-state index in [-0.39, 0.29) is 24.6 Å². The number of carbonyl (C=O) groups excluding carboxylic acids is 4. The first-order valence-electron chi connectivity index (χ1n) is 15.1. The van der Waals surface area contributed by atoms with Crippen LogP contribution in [0, 0.1) is 5.82 Å². The van der Waals surface area contributed by atoms with Crippen molar-refractivity contribution < 1.29 is 28.3 Å². The molecule has 1 aromatic heterocycles. The van der Waals surface area contributed by atoms with Crippen LogP contribution in [0.2, 0.25) is 0 Å². The first kappa shape index (κ1) is 34.7. The SMILES string of the molecule is CCOC(=O)Cc1csc(NC(=O)C(Sc2cccc(NC(=O)/C(=C/c3ccc(F)cc3)NC(=O)c3ccccc3)c2)c2ccccc2)n1. The molecular formula is C37H31FN4O5S2. The van der Waals surface area contributed by atoms with Crippen LogP contribution in [0.1, 0.15) is 39.4 Å². The van der Waals surface area contributed by atoms with E-state index in [0.717, 1.165) is 5.56 Å². The molecule has 0 saturated heterocycles. The molecule has 0 aliphatic carbocycles. The zero-order chi connectivity index (χ0) is 34.6. The fraction of sp³-hybridized carbons (Fsp3) is 0.108. The van der Waals surface area contributed by atoms with Gasteiger partial charge in [-0.3, -0.25) is 19.2 Å². The number of thioether (sulfide) groups is 1. The number of nitrogens with zero attached hydrogens (tertiary/aromatic N) is 1. The van der Waals surface area contributed by atoms with E-state index in [1.165, 1.54) is 53.4 Å². The third-order valence-electron chi connectivity index (χ3n) is 6.81. The van der Waals surface area contributed by atoms with Gasteiger partial charge in [-0.1, -0.05) is 66.7 Å². The molecule has 1 heterocycles. The number of ether oxygens (including phenoxy) is 1. The van der Waals surface area contributed by atoms with Crippen molar-refractivity contribution in [3.8, 4) is 0 Å². The molecule has 1 atom stereocenters. The highest BCUT2D eigenvalue weighted by atomic mass is 32.2. The van der Waals surface area contributed by atoms with Crippen LogP contribution >= 0.6 is 23.1 Å². The Bertz CT molecular complexity index is 1950. The molecule has 9 nitrogen and oxygen atoms in total. The van der Waals surface area contributed by atoms with Gasteiger partial charge in [-0.2, -0.15) is 0 Å². The van der Waals surface area contributed by atoms with Crippen molar-refractivity contribution in [2.45, 2.75) is 23.5 Å². The van der Waals surface area contributed by atoms with Gasteiger partial charge in [-0.15, -0.1) is 23.1 Å². The molecule has 0 aliphatic heterocycles. The molecule has 0 saturated carbocycles. The summed E-state index contributed by atoms with van der Waals surface area (Å²) in [6.07, 6.45) is 1.47. The standard InChI is InChI=1S/C37H31FN4O5S2/c1-2-47-32(43)22-29-23-48-37(40-29)42-36(46)33(25-10-5-3-6-11-25)49-30-15-9-14-28(21-30)39-35(45)31(20-24-16-18-27(38)19-17-24)41-34(44)26-12-7-4-8-13-26/h3-21,23,33H,2,22H2,1H3,(H,39,45)(H,41,44)(H,40,42,46)/b31-20-. The van der Waals surface area contributed by atoms with Crippen molar-refractivity contribution in [1.82, 2.24) is 10.3 Å². The van der Waals surface area contributed by atoms with Crippen LogP contribution < -0.4 is 16.0 Å². The summed E-state index contributed by atoms with van der Waals surface area (Å²) in [4.78, 5) is 57.1. The van der Waals surface area contributed by atoms with Gasteiger partial charge in [0, 0.05) is 21.5 Å². The van der Waals surface area contributed by atoms with Crippen LogP contribution in [0.15, 0.2) is 125 Å². The summed E-state index contributed by atoms with van der Waals surface area (Å²) in [6, 6.07) is 30.2. The number of nitrogens with one attached hydrogen (secondary N) is 3. The summed E-state index contributed by atoms with van der Waals surface area (Å²) in [5, 5.41) is 9.71. The Morgan fingerprint density at radius 3 is 2.33 bits per heavy atom. The lowest BCUT2D eigenvalue weighted by molar-refractivity contribution is -0.142. The van der Waals surface area contributed by atoms with E-state index >= 15 is 0 Å². The van der Waals surface area contributed by atoms with Crippen molar-refractivity contribution in [2.75, 3.05) is 17.2 Å². The van der Waals surface area contributed by atoms with Gasteiger partial charge in [0.15, 0.2) is 5.13 Å². The second-order valence-corrected chi connectivity index (χ2v) is 12.5. The Morgan fingerprint density at radius 1 is 0.898 bits per heavy atom. The predicted octanol–water partition coefficient (Wildman–Crippen LogP) is 7.27. The van der Waals surface area contributed by atoms with Gasteiger partial charge in [0.25, 0.3) is 11.8 Å². The van der Waals surface area contributed by atoms with E-state index < -0.39 is 28.9 Å². The van der Waals surface area contributed by atoms with Crippen molar-refractivity contribution in [1.29, 1.82) is 0 Å². The molecule has 3 N–H and O–H groups in total. The molecule has 4 aromatic carbocycles. The second-order valence-electron chi connectivity index (χ2n) is 10.4. The third kappa shape index (κ3) is 10.2. The molecule has 0 aliphatic rings. The van der Waals surface area contributed by atoms with Gasteiger partial charge in [0.1, 0.15) is 16.8 Å². The van der Waals surface area contributed by atoms with Crippen LogP contribution in [0.3, 0.4) is 0 Å². The number of benzene rings is 4. The molecule has 0 bridgehead atoms. The number of amides is 3. The van der Waals surface area contributed by atoms with Crippen molar-refractivity contribution in [3.05, 3.63) is 148 Å². The van der Waals surface area contributed by atoms with Gasteiger partial charge in [-0.05, 0) is 66.6 Å². The molecule has 0 spiro atoms. The minimum Gasteiger partial charge on any atom is -0.466 e. The molecule has 5 rings (SSSR count). The third-order valence-corrected chi connectivity index (χ3v) is 8.86. The normalized spacial score (nSPS) is 11.7. The highest BCUT2D eigenvalue weighted by Crippen LogP contribution is 2.37. The second kappa shape index (κ2) is 17.0. The van der Waals surface area contributed by atoms with E-state index in [1.807, 2.05) is 36.4 Å². The monoisotopic (exact) mass is 694 g/mol. The van der Waals surface area contributed by atoms with E-state index in [0.29, 0.717) is 32.5 Å². The van der Waals surface area contributed by atoms with Crippen LogP contribution in [0.5, 0.6) is 0 Å². The number of hydrogen-bond donors (Lipinski definition) is 3. The first-order chi connectivity index (χ1) is 23.8. The predicted molar refractivity (Wildman–Crippen MR) is 189 cm³/mol. The topological polar surface area (TPSA) is 126 Å². The molecule has 0 fully saturated rings. The first-order valence-corrected chi connectivity index (χ1v) is 16.9. The summed E-state index contributed by atoms with van der Waals surface area (Å²) in [5.74, 6) is -2.24. The maximum atomic E-state index is 13.6. The Morgan fingerprint density at radius 2 is 1.61 bits per heavy atom. The average molecular weight is 695 g/mol. The number of halogens is 1. The maximum absolute atomic E-state index is 13.6. The van der Waals surface area contributed by atoms with Crippen molar-refractivity contribution >= 4 is 63.7 Å². The fourth-order valence-electron chi connectivity index (χ4n) is 4.53. The summed E-state index contributed by atoms with van der Waals surface area (Å²) >= 11 is 2.49. The van der Waals surface area contributed by atoms with Gasteiger partial charge in [0.2, 0.25) is 5.91 Å². The highest BCUT2D eigenvalue weighted by molar-refractivity contribution is 8.00. The number of hydrogen-bond acceptors (Lipinski definition) is 8. The lowest BCUT2D eigenvalue weighted by atomic mass is 10.1. The number of rotatable bonds is 13. The van der Waals surface area contributed by atoms with Crippen molar-refractivity contribution in [2.24, 2.45) is 0 Å². The summed E-state index contributed by atoms with van der Waals surface area (Å²) in [7, 11) is 0. The summed E-state index contributed by atoms with van der Waals surface area (Å²) in [5.41, 5.74) is 2.48. The van der Waals surface area contributed by atoms with Gasteiger partial charge < -0.3 is 20.7 Å². The lowest BCUT2D eigenvalue weighted by Crippen LogP contribution is -2.30. The zero-order valence-electron chi connectivity index (χ0n) is 26.2. The Labute approximate surface area is 290 Å². The minimum absolute atomic E-state index is 0.00627. The molecule has 49 heavy (non-hydrogen) atoms. The molecule has 12 heteroatoms.